The number of rotatable bonds is 5. The van der Waals surface area contributed by atoms with Crippen LogP contribution in [0, 0.1) is 0 Å². The number of hydrogen-bond donors (Lipinski definition) is 0. The minimum absolute atomic E-state index is 0.0246. The Hall–Kier alpha value is -1.70. The van der Waals surface area contributed by atoms with Crippen molar-refractivity contribution in [1.82, 2.24) is 4.98 Å². The summed E-state index contributed by atoms with van der Waals surface area (Å²) in [5.41, 5.74) is -0.594. The van der Waals surface area contributed by atoms with Crippen molar-refractivity contribution in [1.29, 1.82) is 0 Å². The van der Waals surface area contributed by atoms with E-state index < -0.39 is 23.6 Å². The molecule has 0 aliphatic heterocycles. The SMILES string of the molecule is CCOC(=O)c1c(CCl)ncc(OC)c1OC(F)(F)F. The Kier molecular flexibility index (Phi) is 5.43. The monoisotopic (exact) mass is 313 g/mol. The second kappa shape index (κ2) is 6.65. The molecule has 0 atom stereocenters. The minimum Gasteiger partial charge on any atom is -0.491 e. The van der Waals surface area contributed by atoms with E-state index >= 15 is 0 Å². The zero-order valence-electron chi connectivity index (χ0n) is 10.6. The van der Waals surface area contributed by atoms with Crippen LogP contribution < -0.4 is 9.47 Å². The first-order valence-electron chi connectivity index (χ1n) is 5.38. The number of nitrogens with zero attached hydrogens (tertiary/aromatic N) is 1. The van der Waals surface area contributed by atoms with E-state index in [2.05, 4.69) is 14.5 Å². The fourth-order valence-corrected chi connectivity index (χ4v) is 1.59. The van der Waals surface area contributed by atoms with Crippen molar-refractivity contribution < 1.29 is 32.2 Å². The van der Waals surface area contributed by atoms with Crippen LogP contribution in [0.25, 0.3) is 0 Å². The second-order valence-electron chi connectivity index (χ2n) is 3.38. The highest BCUT2D eigenvalue weighted by Crippen LogP contribution is 2.37. The maximum Gasteiger partial charge on any atom is 0.573 e. The van der Waals surface area contributed by atoms with E-state index in [0.29, 0.717) is 0 Å². The van der Waals surface area contributed by atoms with Crippen molar-refractivity contribution in [2.45, 2.75) is 19.2 Å². The molecular formula is C11H11ClF3NO4. The van der Waals surface area contributed by atoms with E-state index in [1.165, 1.54) is 6.92 Å². The Bertz CT molecular complexity index is 493. The predicted octanol–water partition coefficient (Wildman–Crippen LogP) is 2.90. The summed E-state index contributed by atoms with van der Waals surface area (Å²) in [6, 6.07) is 0. The molecule has 20 heavy (non-hydrogen) atoms. The quantitative estimate of drug-likeness (QED) is 0.618. The number of esters is 1. The van der Waals surface area contributed by atoms with Gasteiger partial charge in [0.15, 0.2) is 11.5 Å². The van der Waals surface area contributed by atoms with E-state index in [-0.39, 0.29) is 23.9 Å². The topological polar surface area (TPSA) is 57.7 Å². The largest absolute Gasteiger partial charge is 0.573 e. The zero-order valence-corrected chi connectivity index (χ0v) is 11.3. The van der Waals surface area contributed by atoms with Gasteiger partial charge in [-0.15, -0.1) is 24.8 Å². The van der Waals surface area contributed by atoms with Crippen LogP contribution in [0.4, 0.5) is 13.2 Å². The Balaban J connectivity index is 3.43. The number of carbonyl (C=O) groups is 1. The van der Waals surface area contributed by atoms with Gasteiger partial charge in [-0.25, -0.2) is 4.79 Å². The van der Waals surface area contributed by atoms with Gasteiger partial charge in [-0.2, -0.15) is 0 Å². The first-order chi connectivity index (χ1) is 9.34. The van der Waals surface area contributed by atoms with Gasteiger partial charge in [-0.05, 0) is 6.92 Å². The van der Waals surface area contributed by atoms with Crippen molar-refractivity contribution in [2.24, 2.45) is 0 Å². The Morgan fingerprint density at radius 3 is 2.55 bits per heavy atom. The maximum atomic E-state index is 12.4. The van der Waals surface area contributed by atoms with Crippen LogP contribution in [0.5, 0.6) is 11.5 Å². The Labute approximate surface area is 117 Å². The Morgan fingerprint density at radius 2 is 2.10 bits per heavy atom. The van der Waals surface area contributed by atoms with E-state index in [0.717, 1.165) is 13.3 Å². The van der Waals surface area contributed by atoms with Gasteiger partial charge in [0.2, 0.25) is 0 Å². The first-order valence-corrected chi connectivity index (χ1v) is 5.92. The Morgan fingerprint density at radius 1 is 1.45 bits per heavy atom. The van der Waals surface area contributed by atoms with Crippen LogP contribution in [-0.4, -0.2) is 31.0 Å². The van der Waals surface area contributed by atoms with E-state index in [9.17, 15) is 18.0 Å². The van der Waals surface area contributed by atoms with Gasteiger partial charge in [0.25, 0.3) is 0 Å². The summed E-state index contributed by atoms with van der Waals surface area (Å²) in [6.45, 7) is 1.49. The third kappa shape index (κ3) is 3.89. The molecule has 1 aromatic rings. The van der Waals surface area contributed by atoms with Gasteiger partial charge >= 0.3 is 12.3 Å². The minimum atomic E-state index is -5.00. The average Bonchev–Trinajstić information content (AvgIpc) is 2.36. The summed E-state index contributed by atoms with van der Waals surface area (Å²) in [7, 11) is 1.12. The third-order valence-corrected chi connectivity index (χ3v) is 2.37. The molecule has 0 aliphatic carbocycles. The van der Waals surface area contributed by atoms with Crippen LogP contribution in [0.15, 0.2) is 6.20 Å². The molecule has 0 fully saturated rings. The molecule has 112 valence electrons. The normalized spacial score (nSPS) is 11.1. The number of aromatic nitrogens is 1. The number of carbonyl (C=O) groups excluding carboxylic acids is 1. The van der Waals surface area contributed by atoms with Crippen molar-refractivity contribution in [3.8, 4) is 11.5 Å². The van der Waals surface area contributed by atoms with Gasteiger partial charge < -0.3 is 14.2 Å². The van der Waals surface area contributed by atoms with Crippen LogP contribution in [0.2, 0.25) is 0 Å². The van der Waals surface area contributed by atoms with Gasteiger partial charge in [0, 0.05) is 0 Å². The summed E-state index contributed by atoms with van der Waals surface area (Å²) >= 11 is 5.57. The average molecular weight is 314 g/mol. The zero-order chi connectivity index (χ0) is 15.3. The number of hydrogen-bond acceptors (Lipinski definition) is 5. The lowest BCUT2D eigenvalue weighted by Gasteiger charge is -2.17. The number of pyridine rings is 1. The van der Waals surface area contributed by atoms with E-state index in [4.69, 9.17) is 16.3 Å². The van der Waals surface area contributed by atoms with Gasteiger partial charge in [-0.3, -0.25) is 4.98 Å². The molecular weight excluding hydrogens is 303 g/mol. The lowest BCUT2D eigenvalue weighted by molar-refractivity contribution is -0.275. The van der Waals surface area contributed by atoms with Crippen LogP contribution in [0.3, 0.4) is 0 Å². The number of methoxy groups -OCH3 is 1. The van der Waals surface area contributed by atoms with Gasteiger partial charge in [0.05, 0.1) is 31.5 Å². The highest BCUT2D eigenvalue weighted by Gasteiger charge is 2.36. The van der Waals surface area contributed by atoms with Crippen LogP contribution in [0.1, 0.15) is 23.0 Å². The summed E-state index contributed by atoms with van der Waals surface area (Å²) in [5, 5.41) is 0. The van der Waals surface area contributed by atoms with Crippen molar-refractivity contribution >= 4 is 17.6 Å². The molecule has 0 unspecified atom stereocenters. The van der Waals surface area contributed by atoms with Crippen molar-refractivity contribution in [3.63, 3.8) is 0 Å². The van der Waals surface area contributed by atoms with E-state index in [1.54, 1.807) is 0 Å². The number of alkyl halides is 4. The van der Waals surface area contributed by atoms with Gasteiger partial charge in [0.1, 0.15) is 5.56 Å². The molecule has 0 aromatic carbocycles. The van der Waals surface area contributed by atoms with Crippen molar-refractivity contribution in [2.75, 3.05) is 13.7 Å². The van der Waals surface area contributed by atoms with Crippen LogP contribution >= 0.6 is 11.6 Å². The maximum absolute atomic E-state index is 12.4. The standard InChI is InChI=1S/C11H11ClF3NO4/c1-3-19-10(17)8-6(4-12)16-5-7(18-2)9(8)20-11(13,14)15/h5H,3-4H2,1-2H3. The molecule has 1 rings (SSSR count). The molecule has 0 saturated carbocycles. The first kappa shape index (κ1) is 16.4. The molecule has 0 bridgehead atoms. The highest BCUT2D eigenvalue weighted by molar-refractivity contribution is 6.17. The lowest BCUT2D eigenvalue weighted by atomic mass is 10.1. The summed E-state index contributed by atoms with van der Waals surface area (Å²) in [4.78, 5) is 15.5. The molecule has 5 nitrogen and oxygen atoms in total. The van der Waals surface area contributed by atoms with Crippen LogP contribution in [-0.2, 0) is 10.6 Å². The molecule has 0 amide bonds. The molecule has 0 spiro atoms. The fourth-order valence-electron chi connectivity index (χ4n) is 1.39. The molecule has 0 radical (unpaired) electrons. The molecule has 1 heterocycles. The van der Waals surface area contributed by atoms with E-state index in [1.807, 2.05) is 0 Å². The number of halogens is 4. The predicted molar refractivity (Wildman–Crippen MR) is 63.0 cm³/mol. The third-order valence-electron chi connectivity index (χ3n) is 2.12. The molecule has 9 heteroatoms. The summed E-state index contributed by atoms with van der Waals surface area (Å²) in [5.74, 6) is -2.47. The summed E-state index contributed by atoms with van der Waals surface area (Å²) in [6.07, 6.45) is -4.01. The second-order valence-corrected chi connectivity index (χ2v) is 3.65. The number of ether oxygens (including phenoxy) is 3. The van der Waals surface area contributed by atoms with Gasteiger partial charge in [-0.1, -0.05) is 0 Å². The summed E-state index contributed by atoms with van der Waals surface area (Å²) < 4.78 is 50.6. The molecule has 0 N–H and O–H groups in total. The lowest BCUT2D eigenvalue weighted by Crippen LogP contribution is -2.21. The molecule has 1 aromatic heterocycles. The molecule has 0 aliphatic rings. The highest BCUT2D eigenvalue weighted by atomic mass is 35.5. The fraction of sp³-hybridized carbons (Fsp3) is 0.455. The molecule has 0 saturated heterocycles. The van der Waals surface area contributed by atoms with Crippen molar-refractivity contribution in [3.05, 3.63) is 17.5 Å². The smallest absolute Gasteiger partial charge is 0.491 e.